The summed E-state index contributed by atoms with van der Waals surface area (Å²) < 4.78 is 2.77. The lowest BCUT2D eigenvalue weighted by atomic mass is 9.99. The van der Waals surface area contributed by atoms with Gasteiger partial charge in [0.05, 0.1) is 6.07 Å². The highest BCUT2D eigenvalue weighted by Gasteiger charge is 2.46. The van der Waals surface area contributed by atoms with E-state index in [0.717, 1.165) is 25.6 Å². The minimum absolute atomic E-state index is 0.432. The van der Waals surface area contributed by atoms with Crippen molar-refractivity contribution in [2.45, 2.75) is 52.2 Å². The van der Waals surface area contributed by atoms with Gasteiger partial charge in [-0.1, -0.05) is 40.8 Å². The van der Waals surface area contributed by atoms with Crippen LogP contribution in [0.5, 0.6) is 0 Å². The molecule has 1 fully saturated rings. The second kappa shape index (κ2) is 6.38. The zero-order chi connectivity index (χ0) is 14.7. The predicted octanol–water partition coefficient (Wildman–Crippen LogP) is 3.16. The zero-order valence-corrected chi connectivity index (χ0v) is 14.7. The molecule has 0 radical (unpaired) electrons. The molecule has 0 aromatic heterocycles. The fraction of sp³-hybridized carbons (Fsp3) is 0.933. The fourth-order valence-corrected chi connectivity index (χ4v) is 6.40. The van der Waals surface area contributed by atoms with Crippen LogP contribution in [-0.4, -0.2) is 50.4 Å². The van der Waals surface area contributed by atoms with Crippen molar-refractivity contribution in [3.63, 3.8) is 0 Å². The Morgan fingerprint density at radius 2 is 1.68 bits per heavy atom. The first-order valence-electron chi connectivity index (χ1n) is 7.58. The summed E-state index contributed by atoms with van der Waals surface area (Å²) in [5, 5.41) is 9.10. The quantitative estimate of drug-likeness (QED) is 0.725. The molecule has 1 aliphatic heterocycles. The van der Waals surface area contributed by atoms with Crippen molar-refractivity contribution < 1.29 is 0 Å². The van der Waals surface area contributed by atoms with Crippen LogP contribution in [0, 0.1) is 17.2 Å². The maximum Gasteiger partial charge on any atom is 0.128 e. The van der Waals surface area contributed by atoms with Crippen LogP contribution in [0.25, 0.3) is 0 Å². The number of hydrogen-bond acceptors (Lipinski definition) is 3. The molecule has 0 aromatic rings. The SMILES string of the molecule is CC(C)C(C)(C)[Si](C)(C)N1CCN(CCC#N)CC1. The van der Waals surface area contributed by atoms with Gasteiger partial charge in [0.1, 0.15) is 8.24 Å². The molecule has 0 atom stereocenters. The van der Waals surface area contributed by atoms with Gasteiger partial charge < -0.3 is 4.57 Å². The van der Waals surface area contributed by atoms with Crippen LogP contribution in [0.4, 0.5) is 0 Å². The van der Waals surface area contributed by atoms with E-state index >= 15 is 0 Å². The van der Waals surface area contributed by atoms with Gasteiger partial charge in [-0.15, -0.1) is 0 Å². The molecular weight excluding hydrogens is 250 g/mol. The number of rotatable bonds is 5. The molecule has 1 heterocycles. The molecule has 1 aliphatic rings. The molecule has 3 nitrogen and oxygen atoms in total. The van der Waals surface area contributed by atoms with Crippen LogP contribution < -0.4 is 0 Å². The number of piperazine rings is 1. The highest BCUT2D eigenvalue weighted by Crippen LogP contribution is 2.45. The van der Waals surface area contributed by atoms with Crippen molar-refractivity contribution in [2.24, 2.45) is 5.92 Å². The van der Waals surface area contributed by atoms with E-state index in [2.05, 4.69) is 56.3 Å². The van der Waals surface area contributed by atoms with E-state index in [-0.39, 0.29) is 0 Å². The molecule has 0 amide bonds. The molecule has 1 rings (SSSR count). The lowest BCUT2D eigenvalue weighted by Crippen LogP contribution is -2.62. The normalized spacial score (nSPS) is 19.7. The van der Waals surface area contributed by atoms with Crippen molar-refractivity contribution in [3.8, 4) is 6.07 Å². The molecular formula is C15H31N3Si. The lowest BCUT2D eigenvalue weighted by Gasteiger charge is -2.52. The average Bonchev–Trinajstić information content (AvgIpc) is 2.36. The molecule has 0 N–H and O–H groups in total. The summed E-state index contributed by atoms with van der Waals surface area (Å²) in [6, 6.07) is 2.25. The Morgan fingerprint density at radius 3 is 2.11 bits per heavy atom. The monoisotopic (exact) mass is 281 g/mol. The van der Waals surface area contributed by atoms with Crippen LogP contribution in [0.3, 0.4) is 0 Å². The van der Waals surface area contributed by atoms with Gasteiger partial charge in [-0.2, -0.15) is 5.26 Å². The molecule has 0 spiro atoms. The number of nitrogens with zero attached hydrogens (tertiary/aromatic N) is 3. The summed E-state index contributed by atoms with van der Waals surface area (Å²) in [5.41, 5.74) is 0. The Labute approximate surface area is 120 Å². The molecule has 4 heteroatoms. The van der Waals surface area contributed by atoms with E-state index < -0.39 is 8.24 Å². The van der Waals surface area contributed by atoms with E-state index in [1.165, 1.54) is 13.1 Å². The van der Waals surface area contributed by atoms with E-state index in [1.54, 1.807) is 0 Å². The smallest absolute Gasteiger partial charge is 0.128 e. The van der Waals surface area contributed by atoms with Crippen molar-refractivity contribution in [1.29, 1.82) is 5.26 Å². The van der Waals surface area contributed by atoms with Crippen LogP contribution in [0.1, 0.15) is 34.1 Å². The van der Waals surface area contributed by atoms with Crippen molar-refractivity contribution >= 4 is 8.24 Å². The van der Waals surface area contributed by atoms with Gasteiger partial charge in [0.15, 0.2) is 0 Å². The Kier molecular flexibility index (Phi) is 5.61. The Bertz CT molecular complexity index is 323. The van der Waals surface area contributed by atoms with E-state index in [1.807, 2.05) is 0 Å². The molecule has 0 unspecified atom stereocenters. The topological polar surface area (TPSA) is 30.3 Å². The van der Waals surface area contributed by atoms with Crippen LogP contribution in [0.15, 0.2) is 0 Å². The minimum atomic E-state index is -1.41. The van der Waals surface area contributed by atoms with E-state index in [0.29, 0.717) is 11.5 Å². The van der Waals surface area contributed by atoms with Gasteiger partial charge in [-0.3, -0.25) is 4.90 Å². The summed E-state index contributed by atoms with van der Waals surface area (Å²) >= 11 is 0. The van der Waals surface area contributed by atoms with E-state index in [4.69, 9.17) is 5.26 Å². The number of hydrogen-bond donors (Lipinski definition) is 0. The summed E-state index contributed by atoms with van der Waals surface area (Å²) in [7, 11) is -1.41. The maximum absolute atomic E-state index is 8.67. The summed E-state index contributed by atoms with van der Waals surface area (Å²) in [5.74, 6) is 0.728. The van der Waals surface area contributed by atoms with Crippen molar-refractivity contribution in [1.82, 2.24) is 9.47 Å². The van der Waals surface area contributed by atoms with Crippen molar-refractivity contribution in [3.05, 3.63) is 0 Å². The van der Waals surface area contributed by atoms with Crippen LogP contribution in [0.2, 0.25) is 18.1 Å². The average molecular weight is 282 g/mol. The third kappa shape index (κ3) is 3.59. The number of nitriles is 1. The van der Waals surface area contributed by atoms with Crippen molar-refractivity contribution in [2.75, 3.05) is 32.7 Å². The second-order valence-corrected chi connectivity index (χ2v) is 12.2. The first-order valence-corrected chi connectivity index (χ1v) is 10.5. The maximum atomic E-state index is 8.67. The zero-order valence-electron chi connectivity index (χ0n) is 13.7. The summed E-state index contributed by atoms with van der Waals surface area (Å²) in [6.45, 7) is 20.2. The molecule has 0 saturated carbocycles. The molecule has 1 saturated heterocycles. The van der Waals surface area contributed by atoms with Crippen LogP contribution in [-0.2, 0) is 0 Å². The van der Waals surface area contributed by atoms with Gasteiger partial charge in [-0.25, -0.2) is 0 Å². The van der Waals surface area contributed by atoms with Crippen LogP contribution >= 0.6 is 0 Å². The predicted molar refractivity (Wildman–Crippen MR) is 84.6 cm³/mol. The van der Waals surface area contributed by atoms with Gasteiger partial charge in [0.25, 0.3) is 0 Å². The van der Waals surface area contributed by atoms with Gasteiger partial charge in [0.2, 0.25) is 0 Å². The standard InChI is InChI=1S/C15H31N3Si/c1-14(2)15(3,4)19(5,6)18-12-10-17(11-13-18)9-7-8-16/h14H,7,9-13H2,1-6H3. The minimum Gasteiger partial charge on any atom is -0.321 e. The second-order valence-electron chi connectivity index (χ2n) is 7.17. The third-order valence-corrected chi connectivity index (χ3v) is 11.5. The third-order valence-electron chi connectivity index (χ3n) is 5.72. The largest absolute Gasteiger partial charge is 0.321 e. The van der Waals surface area contributed by atoms with Gasteiger partial charge in [0, 0.05) is 39.1 Å². The molecule has 110 valence electrons. The Morgan fingerprint density at radius 1 is 1.16 bits per heavy atom. The molecule has 0 bridgehead atoms. The van der Waals surface area contributed by atoms with Gasteiger partial charge >= 0.3 is 0 Å². The first kappa shape index (κ1) is 16.7. The highest BCUT2D eigenvalue weighted by molar-refractivity contribution is 6.77. The summed E-state index contributed by atoms with van der Waals surface area (Å²) in [4.78, 5) is 2.44. The molecule has 19 heavy (non-hydrogen) atoms. The van der Waals surface area contributed by atoms with E-state index in [9.17, 15) is 0 Å². The Hall–Kier alpha value is -0.373. The Balaban J connectivity index is 2.62. The molecule has 0 aliphatic carbocycles. The fourth-order valence-electron chi connectivity index (χ4n) is 2.85. The highest BCUT2D eigenvalue weighted by atomic mass is 28.3. The first-order chi connectivity index (χ1) is 8.73. The summed E-state index contributed by atoms with van der Waals surface area (Å²) in [6.07, 6.45) is 0.665. The van der Waals surface area contributed by atoms with Gasteiger partial charge in [-0.05, 0) is 11.0 Å². The lowest BCUT2D eigenvalue weighted by molar-refractivity contribution is 0.180. The molecule has 0 aromatic carbocycles.